The van der Waals surface area contributed by atoms with Gasteiger partial charge in [0.15, 0.2) is 0 Å². The molecule has 0 aliphatic carbocycles. The normalized spacial score (nSPS) is 24.3. The van der Waals surface area contributed by atoms with Gasteiger partial charge in [0, 0.05) is 31.7 Å². The second kappa shape index (κ2) is 7.46. The summed E-state index contributed by atoms with van der Waals surface area (Å²) < 4.78 is 0. The van der Waals surface area contributed by atoms with Crippen LogP contribution in [-0.4, -0.2) is 36.6 Å². The molecule has 1 heterocycles. The first-order valence-corrected chi connectivity index (χ1v) is 7.45. The van der Waals surface area contributed by atoms with Crippen molar-refractivity contribution in [3.8, 4) is 0 Å². The number of rotatable bonds is 6. The first-order valence-electron chi connectivity index (χ1n) is 7.45. The minimum absolute atomic E-state index is 0.591. The summed E-state index contributed by atoms with van der Waals surface area (Å²) >= 11 is 0. The molecule has 1 aromatic carbocycles. The van der Waals surface area contributed by atoms with Gasteiger partial charge in [0.2, 0.25) is 0 Å². The van der Waals surface area contributed by atoms with E-state index in [4.69, 9.17) is 0 Å². The summed E-state index contributed by atoms with van der Waals surface area (Å²) in [7, 11) is 0. The maximum atomic E-state index is 3.91. The Labute approximate surface area is 117 Å². The zero-order valence-corrected chi connectivity index (χ0v) is 12.0. The maximum absolute atomic E-state index is 3.91. The number of hydrogen-bond acceptors (Lipinski definition) is 2. The standard InChI is InChI=1S/C17H26N2/c1-3-8-16-14-19(11-4-2)17(13-18-16)12-15-9-6-5-7-10-15/h4-7,9-10,16-18H,2-3,8,11-14H2,1H3. The second-order valence-corrected chi connectivity index (χ2v) is 5.48. The van der Waals surface area contributed by atoms with Crippen LogP contribution in [0.3, 0.4) is 0 Å². The van der Waals surface area contributed by atoms with Gasteiger partial charge in [0.1, 0.15) is 0 Å². The molecule has 19 heavy (non-hydrogen) atoms. The van der Waals surface area contributed by atoms with Crippen molar-refractivity contribution in [3.63, 3.8) is 0 Å². The van der Waals surface area contributed by atoms with Crippen LogP contribution in [-0.2, 0) is 6.42 Å². The van der Waals surface area contributed by atoms with Gasteiger partial charge in [-0.15, -0.1) is 6.58 Å². The van der Waals surface area contributed by atoms with Crippen LogP contribution in [0.5, 0.6) is 0 Å². The van der Waals surface area contributed by atoms with Crippen LogP contribution in [0, 0.1) is 0 Å². The van der Waals surface area contributed by atoms with Gasteiger partial charge in [0.25, 0.3) is 0 Å². The first kappa shape index (κ1) is 14.3. The van der Waals surface area contributed by atoms with Gasteiger partial charge in [-0.3, -0.25) is 4.90 Å². The van der Waals surface area contributed by atoms with Crippen molar-refractivity contribution < 1.29 is 0 Å². The van der Waals surface area contributed by atoms with Gasteiger partial charge in [0.05, 0.1) is 0 Å². The van der Waals surface area contributed by atoms with Crippen LogP contribution < -0.4 is 5.32 Å². The Morgan fingerprint density at radius 2 is 2.16 bits per heavy atom. The smallest absolute Gasteiger partial charge is 0.0265 e. The third-order valence-electron chi connectivity index (χ3n) is 3.93. The number of piperazine rings is 1. The van der Waals surface area contributed by atoms with Gasteiger partial charge in [-0.25, -0.2) is 0 Å². The Balaban J connectivity index is 1.96. The molecule has 0 radical (unpaired) electrons. The largest absolute Gasteiger partial charge is 0.311 e. The van der Waals surface area contributed by atoms with E-state index in [2.05, 4.69) is 54.1 Å². The summed E-state index contributed by atoms with van der Waals surface area (Å²) in [5, 5.41) is 3.70. The predicted molar refractivity (Wildman–Crippen MR) is 82.4 cm³/mol. The van der Waals surface area contributed by atoms with E-state index in [0.29, 0.717) is 12.1 Å². The van der Waals surface area contributed by atoms with E-state index in [1.54, 1.807) is 0 Å². The van der Waals surface area contributed by atoms with Crippen LogP contribution >= 0.6 is 0 Å². The lowest BCUT2D eigenvalue weighted by Gasteiger charge is -2.40. The molecule has 2 nitrogen and oxygen atoms in total. The minimum atomic E-state index is 0.591. The van der Waals surface area contributed by atoms with E-state index in [0.717, 1.165) is 26.1 Å². The SMILES string of the molecule is C=CCN1CC(CCC)NCC1Cc1ccccc1. The zero-order chi connectivity index (χ0) is 13.5. The van der Waals surface area contributed by atoms with Crippen molar-refractivity contribution in [1.29, 1.82) is 0 Å². The fourth-order valence-electron chi connectivity index (χ4n) is 2.95. The van der Waals surface area contributed by atoms with Gasteiger partial charge in [-0.1, -0.05) is 49.8 Å². The highest BCUT2D eigenvalue weighted by molar-refractivity contribution is 5.16. The van der Waals surface area contributed by atoms with Gasteiger partial charge in [-0.05, 0) is 18.4 Å². The molecule has 1 aliphatic heterocycles. The molecule has 2 unspecified atom stereocenters. The molecule has 104 valence electrons. The molecule has 0 aromatic heterocycles. The number of benzene rings is 1. The second-order valence-electron chi connectivity index (χ2n) is 5.48. The Bertz CT molecular complexity index is 374. The van der Waals surface area contributed by atoms with E-state index in [1.807, 2.05) is 6.08 Å². The van der Waals surface area contributed by atoms with Crippen molar-refractivity contribution in [2.45, 2.75) is 38.3 Å². The van der Waals surface area contributed by atoms with Crippen LogP contribution in [0.15, 0.2) is 43.0 Å². The molecule has 2 atom stereocenters. The molecule has 2 rings (SSSR count). The molecule has 1 N–H and O–H groups in total. The average molecular weight is 258 g/mol. The Hall–Kier alpha value is -1.12. The van der Waals surface area contributed by atoms with E-state index in [-0.39, 0.29) is 0 Å². The molecular weight excluding hydrogens is 232 g/mol. The van der Waals surface area contributed by atoms with Gasteiger partial charge in [-0.2, -0.15) is 0 Å². The molecule has 1 saturated heterocycles. The number of hydrogen-bond donors (Lipinski definition) is 1. The molecule has 1 fully saturated rings. The van der Waals surface area contributed by atoms with Crippen molar-refractivity contribution in [2.24, 2.45) is 0 Å². The fourth-order valence-corrected chi connectivity index (χ4v) is 2.95. The lowest BCUT2D eigenvalue weighted by atomic mass is 9.99. The highest BCUT2D eigenvalue weighted by Crippen LogP contribution is 2.15. The minimum Gasteiger partial charge on any atom is -0.311 e. The monoisotopic (exact) mass is 258 g/mol. The molecule has 0 saturated carbocycles. The van der Waals surface area contributed by atoms with Crippen LogP contribution in [0.1, 0.15) is 25.3 Å². The third kappa shape index (κ3) is 4.19. The molecule has 1 aromatic rings. The van der Waals surface area contributed by atoms with Crippen molar-refractivity contribution >= 4 is 0 Å². The third-order valence-corrected chi connectivity index (χ3v) is 3.93. The molecule has 0 spiro atoms. The van der Waals surface area contributed by atoms with E-state index in [1.165, 1.54) is 18.4 Å². The number of nitrogens with zero attached hydrogens (tertiary/aromatic N) is 1. The summed E-state index contributed by atoms with van der Waals surface area (Å²) in [6, 6.07) is 12.0. The topological polar surface area (TPSA) is 15.3 Å². The molecular formula is C17H26N2. The van der Waals surface area contributed by atoms with E-state index < -0.39 is 0 Å². The summed E-state index contributed by atoms with van der Waals surface area (Å²) in [5.41, 5.74) is 1.43. The lowest BCUT2D eigenvalue weighted by Crippen LogP contribution is -2.57. The Morgan fingerprint density at radius 1 is 1.37 bits per heavy atom. The number of nitrogens with one attached hydrogen (secondary N) is 1. The van der Waals surface area contributed by atoms with Gasteiger partial charge < -0.3 is 5.32 Å². The first-order chi connectivity index (χ1) is 9.33. The highest BCUT2D eigenvalue weighted by atomic mass is 15.2. The van der Waals surface area contributed by atoms with Crippen molar-refractivity contribution in [1.82, 2.24) is 10.2 Å². The lowest BCUT2D eigenvalue weighted by molar-refractivity contribution is 0.140. The summed E-state index contributed by atoms with van der Waals surface area (Å²) in [6.07, 6.45) is 5.68. The van der Waals surface area contributed by atoms with E-state index in [9.17, 15) is 0 Å². The van der Waals surface area contributed by atoms with Crippen molar-refractivity contribution in [3.05, 3.63) is 48.6 Å². The molecule has 0 bridgehead atoms. The highest BCUT2D eigenvalue weighted by Gasteiger charge is 2.26. The average Bonchev–Trinajstić information content (AvgIpc) is 2.43. The molecule has 1 aliphatic rings. The fraction of sp³-hybridized carbons (Fsp3) is 0.529. The van der Waals surface area contributed by atoms with Crippen LogP contribution in [0.4, 0.5) is 0 Å². The summed E-state index contributed by atoms with van der Waals surface area (Å²) in [5.74, 6) is 0. The van der Waals surface area contributed by atoms with Crippen LogP contribution in [0.2, 0.25) is 0 Å². The summed E-state index contributed by atoms with van der Waals surface area (Å²) in [6.45, 7) is 9.40. The van der Waals surface area contributed by atoms with Crippen molar-refractivity contribution in [2.75, 3.05) is 19.6 Å². The molecule has 0 amide bonds. The Morgan fingerprint density at radius 3 is 2.84 bits per heavy atom. The maximum Gasteiger partial charge on any atom is 0.0265 e. The summed E-state index contributed by atoms with van der Waals surface area (Å²) in [4.78, 5) is 2.58. The molecule has 2 heteroatoms. The van der Waals surface area contributed by atoms with E-state index >= 15 is 0 Å². The predicted octanol–water partition coefficient (Wildman–Crippen LogP) is 2.86. The quantitative estimate of drug-likeness (QED) is 0.789. The Kier molecular flexibility index (Phi) is 5.62. The van der Waals surface area contributed by atoms with Crippen LogP contribution in [0.25, 0.3) is 0 Å². The zero-order valence-electron chi connectivity index (χ0n) is 12.0. The van der Waals surface area contributed by atoms with Gasteiger partial charge >= 0.3 is 0 Å².